The molecule has 0 saturated carbocycles. The third-order valence-electron chi connectivity index (χ3n) is 1.15. The lowest BCUT2D eigenvalue weighted by molar-refractivity contribution is 0.195. The predicted molar refractivity (Wildman–Crippen MR) is 33.8 cm³/mol. The number of aliphatic hydroxyl groups excluding tert-OH is 1. The Balaban J connectivity index is 2.85. The fourth-order valence-corrected chi connectivity index (χ4v) is 0.649. The molecule has 0 amide bonds. The van der Waals surface area contributed by atoms with Crippen molar-refractivity contribution in [1.82, 2.24) is 9.55 Å². The van der Waals surface area contributed by atoms with Crippen LogP contribution in [-0.2, 0) is 7.05 Å². The number of imidazole rings is 1. The molecule has 0 radical (unpaired) electrons. The van der Waals surface area contributed by atoms with Gasteiger partial charge in [0.15, 0.2) is 0 Å². The summed E-state index contributed by atoms with van der Waals surface area (Å²) < 4.78 is 1.81. The van der Waals surface area contributed by atoms with Gasteiger partial charge in [-0.3, -0.25) is 0 Å². The fourth-order valence-electron chi connectivity index (χ4n) is 0.649. The van der Waals surface area contributed by atoms with Gasteiger partial charge in [-0.15, -0.1) is 0 Å². The maximum atomic E-state index is 8.96. The Morgan fingerprint density at radius 1 is 1.78 bits per heavy atom. The highest BCUT2D eigenvalue weighted by Gasteiger charge is 2.01. The first kappa shape index (κ1) is 6.29. The number of hydrogen-bond acceptors (Lipinski definition) is 2. The van der Waals surface area contributed by atoms with Gasteiger partial charge < -0.3 is 9.67 Å². The van der Waals surface area contributed by atoms with E-state index in [0.717, 1.165) is 5.69 Å². The highest BCUT2D eigenvalue weighted by molar-refractivity contribution is 4.98. The SMILES string of the molecule is CC(O)c1cn(C)cn1. The number of rotatable bonds is 1. The van der Waals surface area contributed by atoms with E-state index in [1.165, 1.54) is 0 Å². The van der Waals surface area contributed by atoms with Gasteiger partial charge in [0.25, 0.3) is 0 Å². The molecule has 1 atom stereocenters. The molecule has 0 spiro atoms. The zero-order valence-corrected chi connectivity index (χ0v) is 5.57. The molecule has 3 heteroatoms. The molecule has 50 valence electrons. The molecule has 1 unspecified atom stereocenters. The molecule has 1 N–H and O–H groups in total. The summed E-state index contributed by atoms with van der Waals surface area (Å²) in [5.41, 5.74) is 0.720. The maximum absolute atomic E-state index is 8.96. The van der Waals surface area contributed by atoms with E-state index in [2.05, 4.69) is 4.98 Å². The molecular weight excluding hydrogens is 116 g/mol. The van der Waals surface area contributed by atoms with E-state index in [0.29, 0.717) is 0 Å². The van der Waals surface area contributed by atoms with Crippen molar-refractivity contribution in [2.75, 3.05) is 0 Å². The van der Waals surface area contributed by atoms with Crippen LogP contribution in [0, 0.1) is 0 Å². The fraction of sp³-hybridized carbons (Fsp3) is 0.500. The van der Waals surface area contributed by atoms with Gasteiger partial charge >= 0.3 is 0 Å². The molecule has 0 saturated heterocycles. The van der Waals surface area contributed by atoms with Crippen molar-refractivity contribution in [2.45, 2.75) is 13.0 Å². The molecule has 0 aliphatic rings. The van der Waals surface area contributed by atoms with E-state index in [1.54, 1.807) is 19.4 Å². The first-order chi connectivity index (χ1) is 4.20. The largest absolute Gasteiger partial charge is 0.387 e. The predicted octanol–water partition coefficient (Wildman–Crippen LogP) is 0.473. The Bertz CT molecular complexity index is 193. The van der Waals surface area contributed by atoms with Crippen molar-refractivity contribution in [1.29, 1.82) is 0 Å². The molecule has 0 aliphatic carbocycles. The molecule has 0 aromatic carbocycles. The Labute approximate surface area is 54.0 Å². The molecule has 1 aromatic rings. The van der Waals surface area contributed by atoms with Crippen molar-refractivity contribution in [3.63, 3.8) is 0 Å². The minimum Gasteiger partial charge on any atom is -0.387 e. The van der Waals surface area contributed by atoms with Crippen molar-refractivity contribution in [2.24, 2.45) is 7.05 Å². The van der Waals surface area contributed by atoms with Gasteiger partial charge in [0.05, 0.1) is 18.1 Å². The van der Waals surface area contributed by atoms with Gasteiger partial charge in [-0.2, -0.15) is 0 Å². The van der Waals surface area contributed by atoms with Gasteiger partial charge in [-0.25, -0.2) is 4.98 Å². The van der Waals surface area contributed by atoms with Crippen molar-refractivity contribution < 1.29 is 5.11 Å². The average Bonchev–Trinajstić information content (AvgIpc) is 2.14. The molecule has 0 aliphatic heterocycles. The molecular formula is C6H10N2O. The maximum Gasteiger partial charge on any atom is 0.0947 e. The van der Waals surface area contributed by atoms with E-state index in [9.17, 15) is 0 Å². The van der Waals surface area contributed by atoms with E-state index in [-0.39, 0.29) is 0 Å². The van der Waals surface area contributed by atoms with Gasteiger partial charge in [-0.05, 0) is 6.92 Å². The third-order valence-corrected chi connectivity index (χ3v) is 1.15. The summed E-state index contributed by atoms with van der Waals surface area (Å²) in [6.07, 6.45) is 3.01. The Morgan fingerprint density at radius 3 is 2.67 bits per heavy atom. The normalized spacial score (nSPS) is 13.7. The van der Waals surface area contributed by atoms with Crippen LogP contribution in [0.15, 0.2) is 12.5 Å². The minimum absolute atomic E-state index is 0.453. The first-order valence-electron chi connectivity index (χ1n) is 2.86. The first-order valence-corrected chi connectivity index (χ1v) is 2.86. The van der Waals surface area contributed by atoms with Crippen LogP contribution >= 0.6 is 0 Å². The summed E-state index contributed by atoms with van der Waals surface area (Å²) in [7, 11) is 1.87. The van der Waals surface area contributed by atoms with Gasteiger partial charge in [0.2, 0.25) is 0 Å². The lowest BCUT2D eigenvalue weighted by Gasteiger charge is -1.94. The molecule has 1 rings (SSSR count). The monoisotopic (exact) mass is 126 g/mol. The van der Waals surface area contributed by atoms with Gasteiger partial charge in [0.1, 0.15) is 0 Å². The van der Waals surface area contributed by atoms with Crippen LogP contribution in [0.2, 0.25) is 0 Å². The van der Waals surface area contributed by atoms with Crippen molar-refractivity contribution in [3.05, 3.63) is 18.2 Å². The zero-order valence-electron chi connectivity index (χ0n) is 5.57. The quantitative estimate of drug-likeness (QED) is 0.594. The second kappa shape index (κ2) is 2.19. The Kier molecular flexibility index (Phi) is 1.53. The van der Waals surface area contributed by atoms with Crippen molar-refractivity contribution >= 4 is 0 Å². The third kappa shape index (κ3) is 1.29. The Morgan fingerprint density at radius 2 is 2.44 bits per heavy atom. The summed E-state index contributed by atoms with van der Waals surface area (Å²) in [5, 5.41) is 8.96. The minimum atomic E-state index is -0.453. The smallest absolute Gasteiger partial charge is 0.0947 e. The van der Waals surface area contributed by atoms with Gasteiger partial charge in [0, 0.05) is 13.2 Å². The lowest BCUT2D eigenvalue weighted by atomic mass is 10.3. The molecule has 0 bridgehead atoms. The van der Waals surface area contributed by atoms with Gasteiger partial charge in [-0.1, -0.05) is 0 Å². The number of aliphatic hydroxyl groups is 1. The molecule has 1 heterocycles. The number of nitrogens with zero attached hydrogens (tertiary/aromatic N) is 2. The summed E-state index contributed by atoms with van der Waals surface area (Å²) in [5.74, 6) is 0. The standard InChI is InChI=1S/C6H10N2O/c1-5(9)6-3-8(2)4-7-6/h3-5,9H,1-2H3. The number of aromatic nitrogens is 2. The Hall–Kier alpha value is -0.830. The number of hydrogen-bond donors (Lipinski definition) is 1. The van der Waals surface area contributed by atoms with Crippen molar-refractivity contribution in [3.8, 4) is 0 Å². The second-order valence-corrected chi connectivity index (χ2v) is 2.14. The van der Waals surface area contributed by atoms with Crippen LogP contribution in [0.25, 0.3) is 0 Å². The summed E-state index contributed by atoms with van der Waals surface area (Å²) in [6.45, 7) is 1.70. The second-order valence-electron chi connectivity index (χ2n) is 2.14. The van der Waals surface area contributed by atoms with E-state index < -0.39 is 6.10 Å². The highest BCUT2D eigenvalue weighted by Crippen LogP contribution is 2.05. The van der Waals surface area contributed by atoms with Crippen LogP contribution in [0.5, 0.6) is 0 Å². The van der Waals surface area contributed by atoms with Crippen LogP contribution in [0.4, 0.5) is 0 Å². The van der Waals surface area contributed by atoms with E-state index in [1.807, 2.05) is 11.6 Å². The topological polar surface area (TPSA) is 38.0 Å². The highest BCUT2D eigenvalue weighted by atomic mass is 16.3. The average molecular weight is 126 g/mol. The van der Waals surface area contributed by atoms with Crippen LogP contribution in [0.3, 0.4) is 0 Å². The molecule has 3 nitrogen and oxygen atoms in total. The van der Waals surface area contributed by atoms with Crippen LogP contribution in [-0.4, -0.2) is 14.7 Å². The molecule has 1 aromatic heterocycles. The molecule has 9 heavy (non-hydrogen) atoms. The number of aryl methyl sites for hydroxylation is 1. The summed E-state index contributed by atoms with van der Waals surface area (Å²) >= 11 is 0. The van der Waals surface area contributed by atoms with Crippen LogP contribution < -0.4 is 0 Å². The zero-order chi connectivity index (χ0) is 6.85. The molecule has 0 fully saturated rings. The van der Waals surface area contributed by atoms with E-state index in [4.69, 9.17) is 5.11 Å². The lowest BCUT2D eigenvalue weighted by Crippen LogP contribution is -1.89. The van der Waals surface area contributed by atoms with Crippen LogP contribution in [0.1, 0.15) is 18.7 Å². The summed E-state index contributed by atoms with van der Waals surface area (Å²) in [6, 6.07) is 0. The summed E-state index contributed by atoms with van der Waals surface area (Å²) in [4.78, 5) is 3.93. The van der Waals surface area contributed by atoms with E-state index >= 15 is 0 Å².